The Bertz CT molecular complexity index is 264. The standard InChI is InChI=1S/C15H31N3O2/c1-16-13-15(3-11-20-12-4-15)14-18-6-2-5-17(7-8-18)9-10-19/h16,19H,2-14H2,1H3. The second-order valence-corrected chi connectivity index (χ2v) is 6.34. The van der Waals surface area contributed by atoms with Crippen LogP contribution in [0.5, 0.6) is 0 Å². The molecule has 0 atom stereocenters. The number of nitrogens with zero attached hydrogens (tertiary/aromatic N) is 2. The fraction of sp³-hybridized carbons (Fsp3) is 1.00. The van der Waals surface area contributed by atoms with Crippen LogP contribution in [0.25, 0.3) is 0 Å². The van der Waals surface area contributed by atoms with Crippen molar-refractivity contribution in [3.63, 3.8) is 0 Å². The van der Waals surface area contributed by atoms with E-state index >= 15 is 0 Å². The van der Waals surface area contributed by atoms with Gasteiger partial charge in [0.15, 0.2) is 0 Å². The third-order valence-electron chi connectivity index (χ3n) is 4.76. The second kappa shape index (κ2) is 8.29. The van der Waals surface area contributed by atoms with Crippen molar-refractivity contribution >= 4 is 0 Å². The van der Waals surface area contributed by atoms with Crippen LogP contribution in [-0.4, -0.2) is 87.6 Å². The lowest BCUT2D eigenvalue weighted by molar-refractivity contribution is -0.00296. The van der Waals surface area contributed by atoms with Crippen LogP contribution in [0, 0.1) is 5.41 Å². The monoisotopic (exact) mass is 285 g/mol. The lowest BCUT2D eigenvalue weighted by atomic mass is 9.79. The Morgan fingerprint density at radius 2 is 1.80 bits per heavy atom. The van der Waals surface area contributed by atoms with Crippen LogP contribution >= 0.6 is 0 Å². The van der Waals surface area contributed by atoms with E-state index in [2.05, 4.69) is 22.2 Å². The number of hydrogen-bond acceptors (Lipinski definition) is 5. The number of aliphatic hydroxyl groups is 1. The molecule has 5 nitrogen and oxygen atoms in total. The van der Waals surface area contributed by atoms with E-state index in [0.29, 0.717) is 5.41 Å². The van der Waals surface area contributed by atoms with Gasteiger partial charge in [-0.15, -0.1) is 0 Å². The molecule has 2 aliphatic heterocycles. The lowest BCUT2D eigenvalue weighted by Crippen LogP contribution is -2.47. The van der Waals surface area contributed by atoms with Crippen LogP contribution in [0.1, 0.15) is 19.3 Å². The Morgan fingerprint density at radius 1 is 1.10 bits per heavy atom. The number of hydrogen-bond donors (Lipinski definition) is 2. The van der Waals surface area contributed by atoms with E-state index in [4.69, 9.17) is 9.84 Å². The number of β-amino-alcohol motifs (C(OH)–C–C–N with tert-alkyl or cyclic N) is 1. The zero-order valence-electron chi connectivity index (χ0n) is 12.9. The summed E-state index contributed by atoms with van der Waals surface area (Å²) in [6, 6.07) is 0. The van der Waals surface area contributed by atoms with Crippen molar-refractivity contribution in [3.8, 4) is 0 Å². The summed E-state index contributed by atoms with van der Waals surface area (Å²) in [7, 11) is 2.06. The van der Waals surface area contributed by atoms with Gasteiger partial charge in [-0.2, -0.15) is 0 Å². The summed E-state index contributed by atoms with van der Waals surface area (Å²) in [6.45, 7) is 9.73. The van der Waals surface area contributed by atoms with Crippen LogP contribution in [0.2, 0.25) is 0 Å². The molecule has 118 valence electrons. The molecule has 0 aromatic carbocycles. The topological polar surface area (TPSA) is 48.0 Å². The van der Waals surface area contributed by atoms with Crippen LogP contribution < -0.4 is 5.32 Å². The van der Waals surface area contributed by atoms with Crippen LogP contribution in [0.15, 0.2) is 0 Å². The first-order chi connectivity index (χ1) is 9.78. The molecule has 0 radical (unpaired) electrons. The van der Waals surface area contributed by atoms with Crippen LogP contribution in [0.4, 0.5) is 0 Å². The number of ether oxygens (including phenoxy) is 1. The zero-order chi connectivity index (χ0) is 14.3. The minimum absolute atomic E-state index is 0.279. The van der Waals surface area contributed by atoms with Crippen molar-refractivity contribution in [1.29, 1.82) is 0 Å². The number of rotatable bonds is 6. The molecular formula is C15H31N3O2. The first-order valence-corrected chi connectivity index (χ1v) is 8.06. The maximum atomic E-state index is 9.07. The highest BCUT2D eigenvalue weighted by atomic mass is 16.5. The van der Waals surface area contributed by atoms with Gasteiger partial charge in [0, 0.05) is 45.9 Å². The molecule has 0 saturated carbocycles. The third kappa shape index (κ3) is 4.67. The highest BCUT2D eigenvalue weighted by Gasteiger charge is 2.34. The average molecular weight is 285 g/mol. The molecule has 0 amide bonds. The molecule has 20 heavy (non-hydrogen) atoms. The smallest absolute Gasteiger partial charge is 0.0558 e. The third-order valence-corrected chi connectivity index (χ3v) is 4.76. The first kappa shape index (κ1) is 16.2. The Morgan fingerprint density at radius 3 is 2.50 bits per heavy atom. The molecular weight excluding hydrogens is 254 g/mol. The fourth-order valence-corrected chi connectivity index (χ4v) is 3.59. The van der Waals surface area contributed by atoms with Gasteiger partial charge in [-0.25, -0.2) is 0 Å². The maximum absolute atomic E-state index is 9.07. The summed E-state index contributed by atoms with van der Waals surface area (Å²) in [5.41, 5.74) is 0.388. The quantitative estimate of drug-likeness (QED) is 0.719. The fourth-order valence-electron chi connectivity index (χ4n) is 3.59. The van der Waals surface area contributed by atoms with E-state index in [-0.39, 0.29) is 6.61 Å². The van der Waals surface area contributed by atoms with Crippen molar-refractivity contribution in [2.75, 3.05) is 72.7 Å². The number of nitrogens with one attached hydrogen (secondary N) is 1. The van der Waals surface area contributed by atoms with E-state index in [9.17, 15) is 0 Å². The van der Waals surface area contributed by atoms with Gasteiger partial charge < -0.3 is 20.1 Å². The van der Waals surface area contributed by atoms with Gasteiger partial charge in [-0.05, 0) is 44.8 Å². The maximum Gasteiger partial charge on any atom is 0.0558 e. The minimum Gasteiger partial charge on any atom is -0.395 e. The van der Waals surface area contributed by atoms with Crippen molar-refractivity contribution < 1.29 is 9.84 Å². The average Bonchev–Trinajstić information content (AvgIpc) is 2.66. The summed E-state index contributed by atoms with van der Waals surface area (Å²) < 4.78 is 5.55. The number of aliphatic hydroxyl groups excluding tert-OH is 1. The molecule has 0 spiro atoms. The molecule has 2 saturated heterocycles. The molecule has 5 heteroatoms. The van der Waals surface area contributed by atoms with Crippen LogP contribution in [0.3, 0.4) is 0 Å². The van der Waals surface area contributed by atoms with E-state index in [1.54, 1.807) is 0 Å². The van der Waals surface area contributed by atoms with Crippen molar-refractivity contribution in [2.24, 2.45) is 5.41 Å². The Labute approximate surface area is 123 Å². The molecule has 2 fully saturated rings. The first-order valence-electron chi connectivity index (χ1n) is 8.06. The van der Waals surface area contributed by atoms with Gasteiger partial charge in [0.1, 0.15) is 0 Å². The molecule has 0 aromatic heterocycles. The van der Waals surface area contributed by atoms with Crippen molar-refractivity contribution in [3.05, 3.63) is 0 Å². The molecule has 0 aliphatic carbocycles. The highest BCUT2D eigenvalue weighted by Crippen LogP contribution is 2.31. The van der Waals surface area contributed by atoms with Gasteiger partial charge in [0.05, 0.1) is 6.61 Å². The SMILES string of the molecule is CNCC1(CN2CCCN(CCO)CC2)CCOCC1. The molecule has 2 rings (SSSR count). The summed E-state index contributed by atoms with van der Waals surface area (Å²) in [6.07, 6.45) is 3.56. The lowest BCUT2D eigenvalue weighted by Gasteiger charge is -2.41. The van der Waals surface area contributed by atoms with Gasteiger partial charge in [-0.1, -0.05) is 0 Å². The largest absolute Gasteiger partial charge is 0.395 e. The Kier molecular flexibility index (Phi) is 6.71. The molecule has 0 aromatic rings. The van der Waals surface area contributed by atoms with E-state index in [1.165, 1.54) is 32.4 Å². The van der Waals surface area contributed by atoms with Crippen LogP contribution in [-0.2, 0) is 4.74 Å². The predicted molar refractivity (Wildman–Crippen MR) is 81.0 cm³/mol. The molecule has 0 unspecified atom stereocenters. The zero-order valence-corrected chi connectivity index (χ0v) is 12.9. The predicted octanol–water partition coefficient (Wildman–Crippen LogP) is 0.00260. The van der Waals surface area contributed by atoms with Crippen molar-refractivity contribution in [2.45, 2.75) is 19.3 Å². The molecule has 2 aliphatic rings. The second-order valence-electron chi connectivity index (χ2n) is 6.34. The molecule has 0 bridgehead atoms. The highest BCUT2D eigenvalue weighted by molar-refractivity contribution is 4.87. The Balaban J connectivity index is 1.86. The van der Waals surface area contributed by atoms with Gasteiger partial charge in [0.25, 0.3) is 0 Å². The summed E-state index contributed by atoms with van der Waals surface area (Å²) >= 11 is 0. The van der Waals surface area contributed by atoms with Crippen molar-refractivity contribution in [1.82, 2.24) is 15.1 Å². The van der Waals surface area contributed by atoms with Gasteiger partial charge >= 0.3 is 0 Å². The summed E-state index contributed by atoms with van der Waals surface area (Å²) in [4.78, 5) is 5.01. The molecule has 2 N–H and O–H groups in total. The Hall–Kier alpha value is -0.200. The normalized spacial score (nSPS) is 25.5. The van der Waals surface area contributed by atoms with Gasteiger partial charge in [0.2, 0.25) is 0 Å². The summed E-state index contributed by atoms with van der Waals surface area (Å²) in [5, 5.41) is 12.5. The molecule has 2 heterocycles. The van der Waals surface area contributed by atoms with E-state index < -0.39 is 0 Å². The summed E-state index contributed by atoms with van der Waals surface area (Å²) in [5.74, 6) is 0. The van der Waals surface area contributed by atoms with E-state index in [0.717, 1.165) is 45.9 Å². The van der Waals surface area contributed by atoms with Gasteiger partial charge in [-0.3, -0.25) is 4.90 Å². The minimum atomic E-state index is 0.279. The van der Waals surface area contributed by atoms with E-state index in [1.807, 2.05) is 0 Å².